The molecule has 1 N–H and O–H groups in total. The second-order valence-corrected chi connectivity index (χ2v) is 7.61. The molecular formula is C15H13N3O4S2. The first-order chi connectivity index (χ1) is 11.6. The fourth-order valence-electron chi connectivity index (χ4n) is 2.80. The normalized spacial score (nSPS) is 24.9. The van der Waals surface area contributed by atoms with Gasteiger partial charge >= 0.3 is 5.97 Å². The molecule has 2 amide bonds. The number of carbonyl (C=O) groups is 3. The number of hydrogen-bond acceptors (Lipinski definition) is 7. The van der Waals surface area contributed by atoms with E-state index in [2.05, 4.69) is 10.3 Å². The SMILES string of the molecule is O=C(CSc1ccncc1)N[C@@H]1C(=O)N2C3=C(COC3=O)CS[C@H]12. The molecule has 24 heavy (non-hydrogen) atoms. The lowest BCUT2D eigenvalue weighted by Gasteiger charge is -2.48. The Bertz CT molecular complexity index is 752. The van der Waals surface area contributed by atoms with Gasteiger partial charge in [-0.15, -0.1) is 23.5 Å². The average Bonchev–Trinajstić information content (AvgIpc) is 2.98. The minimum Gasteiger partial charge on any atom is -0.456 e. The van der Waals surface area contributed by atoms with E-state index in [1.165, 1.54) is 16.7 Å². The standard InChI is InChI=1S/C15H13N3O4S2/c19-10(7-23-9-1-3-16-4-2-9)17-11-13(20)18-12-8(5-22-15(12)21)6-24-14(11)18/h1-4,11,14H,5-7H2,(H,17,19)/t11-,14-/m1/s1. The Morgan fingerprint density at radius 1 is 1.42 bits per heavy atom. The third kappa shape index (κ3) is 2.57. The fraction of sp³-hybridized carbons (Fsp3) is 0.333. The summed E-state index contributed by atoms with van der Waals surface area (Å²) in [5, 5.41) is 2.54. The smallest absolute Gasteiger partial charge is 0.355 e. The maximum Gasteiger partial charge on any atom is 0.355 e. The molecule has 4 rings (SSSR count). The number of pyridine rings is 1. The maximum atomic E-state index is 12.3. The predicted molar refractivity (Wildman–Crippen MR) is 88.0 cm³/mol. The van der Waals surface area contributed by atoms with Crippen molar-refractivity contribution in [1.82, 2.24) is 15.2 Å². The number of carbonyl (C=O) groups excluding carboxylic acids is 3. The molecule has 0 bridgehead atoms. The Kier molecular flexibility index (Phi) is 3.97. The molecule has 0 spiro atoms. The maximum absolute atomic E-state index is 12.3. The molecule has 1 fully saturated rings. The van der Waals surface area contributed by atoms with Gasteiger partial charge in [0.2, 0.25) is 5.91 Å². The van der Waals surface area contributed by atoms with Gasteiger partial charge in [-0.1, -0.05) is 0 Å². The highest BCUT2D eigenvalue weighted by Gasteiger charge is 2.55. The van der Waals surface area contributed by atoms with Crippen LogP contribution in [0, 0.1) is 0 Å². The van der Waals surface area contributed by atoms with Crippen molar-refractivity contribution in [1.29, 1.82) is 0 Å². The summed E-state index contributed by atoms with van der Waals surface area (Å²) in [5.74, 6) is -0.0267. The highest BCUT2D eigenvalue weighted by molar-refractivity contribution is 8.00. The van der Waals surface area contributed by atoms with Crippen LogP contribution in [0.1, 0.15) is 0 Å². The molecule has 124 valence electrons. The number of thioether (sulfide) groups is 2. The first-order valence-electron chi connectivity index (χ1n) is 7.31. The molecule has 1 aromatic rings. The van der Waals surface area contributed by atoms with Gasteiger partial charge in [0.1, 0.15) is 23.7 Å². The number of cyclic esters (lactones) is 1. The lowest BCUT2D eigenvalue weighted by atomic mass is 10.0. The zero-order chi connectivity index (χ0) is 16.7. The van der Waals surface area contributed by atoms with E-state index in [4.69, 9.17) is 4.74 Å². The van der Waals surface area contributed by atoms with Crippen LogP contribution in [0.15, 0.2) is 40.7 Å². The Balaban J connectivity index is 1.36. The number of nitrogens with one attached hydrogen (secondary N) is 1. The van der Waals surface area contributed by atoms with E-state index in [1.54, 1.807) is 24.2 Å². The quantitative estimate of drug-likeness (QED) is 0.470. The van der Waals surface area contributed by atoms with Crippen LogP contribution in [0.2, 0.25) is 0 Å². The minimum absolute atomic E-state index is 0.204. The van der Waals surface area contributed by atoms with Crippen LogP contribution in [0.5, 0.6) is 0 Å². The Morgan fingerprint density at radius 2 is 2.21 bits per heavy atom. The molecule has 0 radical (unpaired) electrons. The molecule has 4 heterocycles. The molecule has 0 unspecified atom stereocenters. The summed E-state index contributed by atoms with van der Waals surface area (Å²) in [7, 11) is 0. The summed E-state index contributed by atoms with van der Waals surface area (Å²) in [6, 6.07) is 3.07. The highest BCUT2D eigenvalue weighted by atomic mass is 32.2. The molecule has 1 aromatic heterocycles. The lowest BCUT2D eigenvalue weighted by Crippen LogP contribution is -2.70. The van der Waals surface area contributed by atoms with Crippen molar-refractivity contribution < 1.29 is 19.1 Å². The number of hydrogen-bond donors (Lipinski definition) is 1. The predicted octanol–water partition coefficient (Wildman–Crippen LogP) is 0.384. The average molecular weight is 363 g/mol. The fourth-order valence-corrected chi connectivity index (χ4v) is 4.82. The highest BCUT2D eigenvalue weighted by Crippen LogP contribution is 2.42. The van der Waals surface area contributed by atoms with Gasteiger partial charge < -0.3 is 10.1 Å². The number of esters is 1. The summed E-state index contributed by atoms with van der Waals surface area (Å²) in [6.07, 6.45) is 3.33. The molecule has 1 saturated heterocycles. The Labute approximate surface area is 146 Å². The van der Waals surface area contributed by atoms with E-state index in [1.807, 2.05) is 12.1 Å². The third-order valence-corrected chi connectivity index (χ3v) is 6.31. The summed E-state index contributed by atoms with van der Waals surface area (Å²) in [4.78, 5) is 42.5. The van der Waals surface area contributed by atoms with Crippen molar-refractivity contribution in [2.45, 2.75) is 16.3 Å². The van der Waals surface area contributed by atoms with Crippen molar-refractivity contribution in [2.24, 2.45) is 0 Å². The van der Waals surface area contributed by atoms with E-state index in [0.29, 0.717) is 11.4 Å². The first kappa shape index (κ1) is 15.5. The lowest BCUT2D eigenvalue weighted by molar-refractivity contribution is -0.150. The third-order valence-electron chi connectivity index (χ3n) is 3.95. The zero-order valence-corrected chi connectivity index (χ0v) is 14.1. The van der Waals surface area contributed by atoms with Gasteiger partial charge in [-0.05, 0) is 12.1 Å². The van der Waals surface area contributed by atoms with Crippen LogP contribution in [0.25, 0.3) is 0 Å². The summed E-state index contributed by atoms with van der Waals surface area (Å²) in [6.45, 7) is 0.261. The molecule has 0 aromatic carbocycles. The minimum atomic E-state index is -0.581. The van der Waals surface area contributed by atoms with Crippen LogP contribution in [-0.2, 0) is 19.1 Å². The number of amides is 2. The van der Waals surface area contributed by atoms with Crippen molar-refractivity contribution in [3.05, 3.63) is 35.8 Å². The van der Waals surface area contributed by atoms with Crippen molar-refractivity contribution in [2.75, 3.05) is 18.1 Å². The van der Waals surface area contributed by atoms with Gasteiger partial charge in [0.05, 0.1) is 5.75 Å². The van der Waals surface area contributed by atoms with Crippen LogP contribution in [0.4, 0.5) is 0 Å². The molecule has 7 nitrogen and oxygen atoms in total. The summed E-state index contributed by atoms with van der Waals surface area (Å²) >= 11 is 2.93. The molecule has 2 atom stereocenters. The molecule has 3 aliphatic rings. The van der Waals surface area contributed by atoms with E-state index in [-0.39, 0.29) is 29.5 Å². The van der Waals surface area contributed by atoms with E-state index in [0.717, 1.165) is 10.5 Å². The van der Waals surface area contributed by atoms with Gasteiger partial charge in [0, 0.05) is 28.6 Å². The molecular weight excluding hydrogens is 350 g/mol. The summed E-state index contributed by atoms with van der Waals surface area (Å²) < 4.78 is 4.99. The molecule has 0 saturated carbocycles. The van der Waals surface area contributed by atoms with Crippen molar-refractivity contribution in [3.8, 4) is 0 Å². The van der Waals surface area contributed by atoms with Crippen LogP contribution < -0.4 is 5.32 Å². The van der Waals surface area contributed by atoms with Crippen LogP contribution >= 0.6 is 23.5 Å². The number of aromatic nitrogens is 1. The Hall–Kier alpha value is -2.00. The van der Waals surface area contributed by atoms with E-state index in [9.17, 15) is 14.4 Å². The topological polar surface area (TPSA) is 88.6 Å². The van der Waals surface area contributed by atoms with Crippen molar-refractivity contribution in [3.63, 3.8) is 0 Å². The summed E-state index contributed by atoms with van der Waals surface area (Å²) in [5.41, 5.74) is 1.23. The van der Waals surface area contributed by atoms with Gasteiger partial charge in [-0.3, -0.25) is 19.5 Å². The monoisotopic (exact) mass is 363 g/mol. The second-order valence-electron chi connectivity index (χ2n) is 5.45. The molecule has 0 aliphatic carbocycles. The Morgan fingerprint density at radius 3 is 3.00 bits per heavy atom. The number of ether oxygens (including phenoxy) is 1. The molecule has 3 aliphatic heterocycles. The van der Waals surface area contributed by atoms with Crippen LogP contribution in [0.3, 0.4) is 0 Å². The van der Waals surface area contributed by atoms with Gasteiger partial charge in [0.15, 0.2) is 0 Å². The number of fused-ring (bicyclic) bond motifs is 2. The number of β-lactam (4-membered cyclic amide) rings is 1. The second kappa shape index (κ2) is 6.14. The van der Waals surface area contributed by atoms with Crippen LogP contribution in [-0.4, -0.2) is 57.2 Å². The zero-order valence-electron chi connectivity index (χ0n) is 12.4. The van der Waals surface area contributed by atoms with Crippen molar-refractivity contribution >= 4 is 41.3 Å². The number of nitrogens with zero attached hydrogens (tertiary/aromatic N) is 2. The van der Waals surface area contributed by atoms with Gasteiger partial charge in [-0.25, -0.2) is 4.79 Å². The largest absolute Gasteiger partial charge is 0.456 e. The van der Waals surface area contributed by atoms with Gasteiger partial charge in [-0.2, -0.15) is 0 Å². The first-order valence-corrected chi connectivity index (χ1v) is 9.34. The number of rotatable bonds is 4. The molecule has 9 heteroatoms. The van der Waals surface area contributed by atoms with Gasteiger partial charge in [0.25, 0.3) is 5.91 Å². The van der Waals surface area contributed by atoms with E-state index < -0.39 is 12.0 Å². The van der Waals surface area contributed by atoms with E-state index >= 15 is 0 Å².